The van der Waals surface area contributed by atoms with Crippen LogP contribution in [0.5, 0.6) is 0 Å². The summed E-state index contributed by atoms with van der Waals surface area (Å²) in [5.74, 6) is 0. The summed E-state index contributed by atoms with van der Waals surface area (Å²) in [6.45, 7) is 0.806. The fourth-order valence-corrected chi connectivity index (χ4v) is 1.77. The summed E-state index contributed by atoms with van der Waals surface area (Å²) in [7, 11) is 0. The average molecular weight is 267 g/mol. The predicted molar refractivity (Wildman–Crippen MR) is 66.8 cm³/mol. The number of aromatic nitrogens is 3. The molecule has 2 aromatic rings. The van der Waals surface area contributed by atoms with E-state index in [9.17, 15) is 4.21 Å². The van der Waals surface area contributed by atoms with Crippen molar-refractivity contribution in [2.45, 2.75) is 13.0 Å². The van der Waals surface area contributed by atoms with E-state index in [-0.39, 0.29) is 6.61 Å². The van der Waals surface area contributed by atoms with E-state index in [4.69, 9.17) is 4.55 Å². The Morgan fingerprint density at radius 2 is 2.11 bits per heavy atom. The first kappa shape index (κ1) is 12.9. The number of nitrogens with zero attached hydrogens (tertiary/aromatic N) is 3. The van der Waals surface area contributed by atoms with Gasteiger partial charge in [-0.1, -0.05) is 35.5 Å². The number of benzene rings is 1. The van der Waals surface area contributed by atoms with Gasteiger partial charge < -0.3 is 0 Å². The Bertz CT molecular complexity index is 515. The number of aryl methyl sites for hydroxylation is 1. The van der Waals surface area contributed by atoms with Gasteiger partial charge in [-0.05, 0) is 6.42 Å². The molecule has 96 valence electrons. The standard InChI is InChI=1S/C11H13N3O3S/c15-18(16)17-8-4-7-14-9-11(12-13-14)10-5-2-1-3-6-10/h1-3,5-6,9H,4,7-8H2,(H,15,16). The van der Waals surface area contributed by atoms with Crippen LogP contribution in [0, 0.1) is 0 Å². The highest BCUT2D eigenvalue weighted by Crippen LogP contribution is 2.14. The van der Waals surface area contributed by atoms with Crippen LogP contribution in [0.15, 0.2) is 36.5 Å². The zero-order chi connectivity index (χ0) is 12.8. The first-order valence-corrected chi connectivity index (χ1v) is 6.48. The van der Waals surface area contributed by atoms with Gasteiger partial charge in [-0.2, -0.15) is 4.21 Å². The largest absolute Gasteiger partial charge is 0.301 e. The molecule has 7 heteroatoms. The van der Waals surface area contributed by atoms with Gasteiger partial charge in [0.1, 0.15) is 5.69 Å². The summed E-state index contributed by atoms with van der Waals surface area (Å²) < 4.78 is 24.9. The van der Waals surface area contributed by atoms with Crippen LogP contribution in [0.4, 0.5) is 0 Å². The molecular formula is C11H13N3O3S. The lowest BCUT2D eigenvalue weighted by Crippen LogP contribution is -2.04. The number of hydrogen-bond donors (Lipinski definition) is 1. The molecule has 18 heavy (non-hydrogen) atoms. The van der Waals surface area contributed by atoms with Gasteiger partial charge in [0.05, 0.1) is 12.8 Å². The van der Waals surface area contributed by atoms with Crippen molar-refractivity contribution in [1.82, 2.24) is 15.0 Å². The van der Waals surface area contributed by atoms with Crippen LogP contribution in [0.1, 0.15) is 6.42 Å². The van der Waals surface area contributed by atoms with Gasteiger partial charge in [0, 0.05) is 12.1 Å². The Hall–Kier alpha value is -1.57. The van der Waals surface area contributed by atoms with Crippen LogP contribution in [-0.4, -0.2) is 30.4 Å². The Kier molecular flexibility index (Phi) is 4.57. The molecule has 2 rings (SSSR count). The van der Waals surface area contributed by atoms with Gasteiger partial charge in [0.25, 0.3) is 0 Å². The average Bonchev–Trinajstić information content (AvgIpc) is 2.84. The highest BCUT2D eigenvalue weighted by atomic mass is 32.2. The molecule has 6 nitrogen and oxygen atoms in total. The molecule has 0 saturated heterocycles. The molecule has 0 fully saturated rings. The quantitative estimate of drug-likeness (QED) is 0.633. The van der Waals surface area contributed by atoms with Crippen molar-refractivity contribution in [3.8, 4) is 11.3 Å². The van der Waals surface area contributed by atoms with Gasteiger partial charge in [-0.25, -0.2) is 0 Å². The van der Waals surface area contributed by atoms with E-state index < -0.39 is 11.4 Å². The first-order valence-electron chi connectivity index (χ1n) is 5.45. The minimum absolute atomic E-state index is 0.212. The second-order valence-corrected chi connectivity index (χ2v) is 4.30. The molecule has 0 aliphatic rings. The summed E-state index contributed by atoms with van der Waals surface area (Å²) in [5.41, 5.74) is 1.82. The molecule has 0 aliphatic carbocycles. The number of hydrogen-bond acceptors (Lipinski definition) is 4. The predicted octanol–water partition coefficient (Wildman–Crippen LogP) is 1.49. The molecular weight excluding hydrogens is 254 g/mol. The van der Waals surface area contributed by atoms with Crippen molar-refractivity contribution in [3.05, 3.63) is 36.5 Å². The van der Waals surface area contributed by atoms with E-state index in [1.54, 1.807) is 4.68 Å². The van der Waals surface area contributed by atoms with Crippen molar-refractivity contribution >= 4 is 11.4 Å². The highest BCUT2D eigenvalue weighted by Gasteiger charge is 2.03. The van der Waals surface area contributed by atoms with Crippen LogP contribution >= 0.6 is 0 Å². The van der Waals surface area contributed by atoms with E-state index in [1.807, 2.05) is 36.5 Å². The van der Waals surface area contributed by atoms with Gasteiger partial charge in [-0.3, -0.25) is 13.4 Å². The minimum atomic E-state index is -2.19. The molecule has 0 bridgehead atoms. The van der Waals surface area contributed by atoms with Crippen molar-refractivity contribution in [3.63, 3.8) is 0 Å². The topological polar surface area (TPSA) is 77.2 Å². The van der Waals surface area contributed by atoms with Crippen molar-refractivity contribution < 1.29 is 12.9 Å². The summed E-state index contributed by atoms with van der Waals surface area (Å²) in [6, 6.07) is 9.76. The zero-order valence-electron chi connectivity index (χ0n) is 9.60. The van der Waals surface area contributed by atoms with E-state index >= 15 is 0 Å². The third kappa shape index (κ3) is 3.73. The van der Waals surface area contributed by atoms with Crippen LogP contribution < -0.4 is 0 Å². The monoisotopic (exact) mass is 267 g/mol. The maximum Gasteiger partial charge on any atom is 0.301 e. The van der Waals surface area contributed by atoms with Crippen molar-refractivity contribution in [2.24, 2.45) is 0 Å². The number of rotatable bonds is 6. The third-order valence-electron chi connectivity index (χ3n) is 2.32. The molecule has 0 radical (unpaired) electrons. The Morgan fingerprint density at radius 1 is 1.33 bits per heavy atom. The molecule has 1 atom stereocenters. The summed E-state index contributed by atoms with van der Waals surface area (Å²) in [5, 5.41) is 8.05. The molecule has 1 aromatic heterocycles. The Labute approximate surface area is 107 Å². The normalized spacial score (nSPS) is 12.5. The lowest BCUT2D eigenvalue weighted by molar-refractivity contribution is 0.291. The molecule has 1 unspecified atom stereocenters. The lowest BCUT2D eigenvalue weighted by atomic mass is 10.2. The van der Waals surface area contributed by atoms with E-state index in [1.165, 1.54) is 0 Å². The van der Waals surface area contributed by atoms with E-state index in [0.717, 1.165) is 11.3 Å². The summed E-state index contributed by atoms with van der Waals surface area (Å²) >= 11 is -2.19. The minimum Gasteiger partial charge on any atom is -0.284 e. The summed E-state index contributed by atoms with van der Waals surface area (Å²) in [6.07, 6.45) is 2.44. The lowest BCUT2D eigenvalue weighted by Gasteiger charge is -1.99. The van der Waals surface area contributed by atoms with Crippen LogP contribution in [-0.2, 0) is 22.1 Å². The Balaban J connectivity index is 1.89. The maximum absolute atomic E-state index is 10.3. The molecule has 0 spiro atoms. The molecule has 0 amide bonds. The van der Waals surface area contributed by atoms with Crippen LogP contribution in [0.25, 0.3) is 11.3 Å². The smallest absolute Gasteiger partial charge is 0.284 e. The Morgan fingerprint density at radius 3 is 2.83 bits per heavy atom. The third-order valence-corrected chi connectivity index (χ3v) is 2.69. The maximum atomic E-state index is 10.3. The first-order chi connectivity index (χ1) is 8.75. The highest BCUT2D eigenvalue weighted by molar-refractivity contribution is 7.74. The summed E-state index contributed by atoms with van der Waals surface area (Å²) in [4.78, 5) is 0. The van der Waals surface area contributed by atoms with Crippen molar-refractivity contribution in [1.29, 1.82) is 0 Å². The molecule has 1 heterocycles. The molecule has 1 aromatic carbocycles. The van der Waals surface area contributed by atoms with Crippen LogP contribution in [0.3, 0.4) is 0 Å². The molecule has 1 N–H and O–H groups in total. The fourth-order valence-electron chi connectivity index (χ4n) is 1.51. The van der Waals surface area contributed by atoms with Crippen LogP contribution in [0.2, 0.25) is 0 Å². The SMILES string of the molecule is O=S(O)OCCCn1cc(-c2ccccc2)nn1. The fraction of sp³-hybridized carbons (Fsp3) is 0.273. The molecule has 0 saturated carbocycles. The van der Waals surface area contributed by atoms with E-state index in [2.05, 4.69) is 14.5 Å². The second-order valence-electron chi connectivity index (χ2n) is 3.63. The van der Waals surface area contributed by atoms with Gasteiger partial charge in [-0.15, -0.1) is 5.10 Å². The van der Waals surface area contributed by atoms with Crippen molar-refractivity contribution in [2.75, 3.05) is 6.61 Å². The van der Waals surface area contributed by atoms with E-state index in [0.29, 0.717) is 13.0 Å². The second kappa shape index (κ2) is 6.39. The molecule has 0 aliphatic heterocycles. The van der Waals surface area contributed by atoms with Gasteiger partial charge in [0.15, 0.2) is 0 Å². The zero-order valence-corrected chi connectivity index (χ0v) is 10.4. The van der Waals surface area contributed by atoms with Gasteiger partial charge >= 0.3 is 11.4 Å². The van der Waals surface area contributed by atoms with Gasteiger partial charge in [0.2, 0.25) is 0 Å².